The molecule has 0 radical (unpaired) electrons. The van der Waals surface area contributed by atoms with Crippen LogP contribution in [0, 0.1) is 17.3 Å². The molecule has 26 heavy (non-hydrogen) atoms. The molecule has 2 atom stereocenters. The molecule has 0 aliphatic heterocycles. The Morgan fingerprint density at radius 2 is 2.12 bits per heavy atom. The molecule has 3 rings (SSSR count). The summed E-state index contributed by atoms with van der Waals surface area (Å²) in [6, 6.07) is 8.17. The van der Waals surface area contributed by atoms with Crippen LogP contribution in [0.15, 0.2) is 40.9 Å². The molecular weight excluding hydrogens is 388 g/mol. The minimum atomic E-state index is -0.668. The third-order valence-corrected chi connectivity index (χ3v) is 7.17. The first-order valence-corrected chi connectivity index (χ1v) is 11.0. The molecule has 0 aromatic heterocycles. The number of rotatable bonds is 9. The number of aliphatic carboxylic acids is 1. The molecule has 142 valence electrons. The predicted octanol–water partition coefficient (Wildman–Crippen LogP) is 6.95. The Morgan fingerprint density at radius 3 is 2.69 bits per heavy atom. The van der Waals surface area contributed by atoms with Gasteiger partial charge in [-0.2, -0.15) is 0 Å². The van der Waals surface area contributed by atoms with Gasteiger partial charge in [-0.3, -0.25) is 4.79 Å². The van der Waals surface area contributed by atoms with Gasteiger partial charge in [-0.25, -0.2) is 0 Å². The largest absolute Gasteiger partial charge is 0.481 e. The number of allylic oxidation sites excluding steroid dienone is 2. The van der Waals surface area contributed by atoms with Crippen LogP contribution >= 0.6 is 15.9 Å². The first kappa shape index (κ1) is 19.7. The maximum Gasteiger partial charge on any atom is 0.307 e. The van der Waals surface area contributed by atoms with E-state index in [0.717, 1.165) is 35.2 Å². The van der Waals surface area contributed by atoms with E-state index in [2.05, 4.69) is 47.1 Å². The molecule has 1 aromatic rings. The first-order chi connectivity index (χ1) is 12.5. The molecule has 0 amide bonds. The highest BCUT2D eigenvalue weighted by atomic mass is 79.9. The van der Waals surface area contributed by atoms with Crippen LogP contribution in [0.25, 0.3) is 0 Å². The molecule has 2 fully saturated rings. The number of carboxylic acids is 1. The van der Waals surface area contributed by atoms with Gasteiger partial charge in [0.1, 0.15) is 0 Å². The van der Waals surface area contributed by atoms with Crippen LogP contribution < -0.4 is 0 Å². The Morgan fingerprint density at radius 1 is 1.35 bits per heavy atom. The second-order valence-electron chi connectivity index (χ2n) is 8.45. The Hall–Kier alpha value is -1.09. The van der Waals surface area contributed by atoms with E-state index in [1.54, 1.807) is 0 Å². The Kier molecular flexibility index (Phi) is 6.60. The van der Waals surface area contributed by atoms with Gasteiger partial charge < -0.3 is 5.11 Å². The Labute approximate surface area is 166 Å². The van der Waals surface area contributed by atoms with Crippen LogP contribution in [0.4, 0.5) is 0 Å². The highest BCUT2D eigenvalue weighted by molar-refractivity contribution is 9.10. The summed E-state index contributed by atoms with van der Waals surface area (Å²) in [4.78, 5) is 11.9. The fourth-order valence-corrected chi connectivity index (χ4v) is 5.67. The monoisotopic (exact) mass is 418 g/mol. The van der Waals surface area contributed by atoms with Crippen molar-refractivity contribution in [1.29, 1.82) is 0 Å². The standard InChI is InChI=1S/C23H31BrO2/c1-2-6-21(22(25)26)20(18-7-5-8-19(24)15-18)9-3-4-12-23-13-10-17(16-23)11-14-23/h3-5,7-8,15,17,20-21H,2,6,9-14,16H2,1H3,(H,25,26). The quantitative estimate of drug-likeness (QED) is 0.440. The SMILES string of the molecule is CCCC(C(=O)O)C(CC=CCC12CCC(CC1)C2)c1cccc(Br)c1. The number of carboxylic acid groups (broad SMARTS) is 1. The fraction of sp³-hybridized carbons (Fsp3) is 0.609. The summed E-state index contributed by atoms with van der Waals surface area (Å²) in [7, 11) is 0. The van der Waals surface area contributed by atoms with Crippen molar-refractivity contribution >= 4 is 21.9 Å². The van der Waals surface area contributed by atoms with E-state index in [1.807, 2.05) is 12.1 Å². The van der Waals surface area contributed by atoms with Gasteiger partial charge in [0.15, 0.2) is 0 Å². The average Bonchev–Trinajstić information content (AvgIpc) is 3.21. The van der Waals surface area contributed by atoms with E-state index in [4.69, 9.17) is 0 Å². The van der Waals surface area contributed by atoms with Crippen molar-refractivity contribution in [3.8, 4) is 0 Å². The zero-order valence-electron chi connectivity index (χ0n) is 15.8. The predicted molar refractivity (Wildman–Crippen MR) is 110 cm³/mol. The summed E-state index contributed by atoms with van der Waals surface area (Å²) in [5.74, 6) is 0.0371. The molecule has 1 aromatic carbocycles. The summed E-state index contributed by atoms with van der Waals surface area (Å²) < 4.78 is 1.02. The molecule has 2 nitrogen and oxygen atoms in total. The first-order valence-electron chi connectivity index (χ1n) is 10.2. The minimum Gasteiger partial charge on any atom is -0.481 e. The van der Waals surface area contributed by atoms with Gasteiger partial charge in [0.2, 0.25) is 0 Å². The minimum absolute atomic E-state index is 0.0404. The molecular formula is C23H31BrO2. The molecule has 2 aliphatic rings. The topological polar surface area (TPSA) is 37.3 Å². The van der Waals surface area contributed by atoms with Gasteiger partial charge in [0, 0.05) is 10.4 Å². The van der Waals surface area contributed by atoms with Crippen LogP contribution in [0.1, 0.15) is 76.2 Å². The van der Waals surface area contributed by atoms with Crippen LogP contribution in [0.3, 0.4) is 0 Å². The van der Waals surface area contributed by atoms with Crippen LogP contribution in [-0.2, 0) is 4.79 Å². The van der Waals surface area contributed by atoms with Crippen molar-refractivity contribution in [3.63, 3.8) is 0 Å². The van der Waals surface area contributed by atoms with Crippen molar-refractivity contribution in [3.05, 3.63) is 46.5 Å². The number of carbonyl (C=O) groups is 1. The molecule has 0 spiro atoms. The van der Waals surface area contributed by atoms with Gasteiger partial charge in [-0.05, 0) is 80.4 Å². The highest BCUT2D eigenvalue weighted by Gasteiger charge is 2.43. The Bertz CT molecular complexity index is 643. The van der Waals surface area contributed by atoms with Gasteiger partial charge in [0.25, 0.3) is 0 Å². The lowest BCUT2D eigenvalue weighted by Gasteiger charge is -2.25. The number of benzene rings is 1. The normalized spacial score (nSPS) is 27.1. The number of hydrogen-bond acceptors (Lipinski definition) is 1. The van der Waals surface area contributed by atoms with E-state index in [0.29, 0.717) is 5.41 Å². The van der Waals surface area contributed by atoms with Crippen molar-refractivity contribution in [2.75, 3.05) is 0 Å². The molecule has 2 bridgehead atoms. The van der Waals surface area contributed by atoms with Crippen LogP contribution in [-0.4, -0.2) is 11.1 Å². The molecule has 0 saturated heterocycles. The van der Waals surface area contributed by atoms with Gasteiger partial charge >= 0.3 is 5.97 Å². The highest BCUT2D eigenvalue weighted by Crippen LogP contribution is 2.56. The molecule has 3 heteroatoms. The average molecular weight is 419 g/mol. The second kappa shape index (κ2) is 8.73. The summed E-state index contributed by atoms with van der Waals surface area (Å²) in [6.45, 7) is 2.07. The molecule has 0 heterocycles. The summed E-state index contributed by atoms with van der Waals surface area (Å²) in [6.07, 6.45) is 15.3. The zero-order valence-corrected chi connectivity index (χ0v) is 17.4. The second-order valence-corrected chi connectivity index (χ2v) is 9.37. The third kappa shape index (κ3) is 4.60. The number of hydrogen-bond donors (Lipinski definition) is 1. The van der Waals surface area contributed by atoms with Crippen LogP contribution in [0.5, 0.6) is 0 Å². The lowest BCUT2D eigenvalue weighted by molar-refractivity contribution is -0.142. The van der Waals surface area contributed by atoms with Gasteiger partial charge in [-0.1, -0.05) is 53.6 Å². The van der Waals surface area contributed by atoms with Crippen molar-refractivity contribution in [2.24, 2.45) is 17.3 Å². The maximum atomic E-state index is 11.9. The maximum absolute atomic E-state index is 11.9. The van der Waals surface area contributed by atoms with E-state index >= 15 is 0 Å². The van der Waals surface area contributed by atoms with E-state index < -0.39 is 5.97 Å². The number of halogens is 1. The van der Waals surface area contributed by atoms with Crippen molar-refractivity contribution in [1.82, 2.24) is 0 Å². The van der Waals surface area contributed by atoms with Gasteiger partial charge in [0.05, 0.1) is 5.92 Å². The lowest BCUT2D eigenvalue weighted by atomic mass is 9.79. The molecule has 2 saturated carbocycles. The molecule has 1 N–H and O–H groups in total. The summed E-state index contributed by atoms with van der Waals surface area (Å²) >= 11 is 3.54. The lowest BCUT2D eigenvalue weighted by Crippen LogP contribution is -2.22. The van der Waals surface area contributed by atoms with Gasteiger partial charge in [-0.15, -0.1) is 0 Å². The third-order valence-electron chi connectivity index (χ3n) is 6.67. The Balaban J connectivity index is 1.70. The van der Waals surface area contributed by atoms with E-state index in [9.17, 15) is 9.90 Å². The molecule has 2 unspecified atom stereocenters. The van der Waals surface area contributed by atoms with E-state index in [-0.39, 0.29) is 11.8 Å². The fourth-order valence-electron chi connectivity index (χ4n) is 5.25. The van der Waals surface area contributed by atoms with Crippen molar-refractivity contribution in [2.45, 2.75) is 70.6 Å². The van der Waals surface area contributed by atoms with Crippen molar-refractivity contribution < 1.29 is 9.90 Å². The zero-order chi connectivity index (χ0) is 18.6. The molecule has 2 aliphatic carbocycles. The van der Waals surface area contributed by atoms with E-state index in [1.165, 1.54) is 38.5 Å². The summed E-state index contributed by atoms with van der Waals surface area (Å²) in [5, 5.41) is 9.78. The summed E-state index contributed by atoms with van der Waals surface area (Å²) in [5.41, 5.74) is 1.70. The smallest absolute Gasteiger partial charge is 0.307 e. The van der Waals surface area contributed by atoms with Crippen LogP contribution in [0.2, 0.25) is 0 Å². The number of fused-ring (bicyclic) bond motifs is 2.